The number of aromatic nitrogens is 1. The standard InChI is InChI=1S/C12H16N2O4S2/c1-8-9(2)19-6-5-14(8)20(17,18)11-4-3-10(7-13-11)12(15)16/h3-4,7-9H,5-6H2,1-2H3,(H,15,16). The quantitative estimate of drug-likeness (QED) is 0.904. The minimum Gasteiger partial charge on any atom is -0.478 e. The molecular formula is C12H16N2O4S2. The van der Waals surface area contributed by atoms with Crippen LogP contribution in [0.3, 0.4) is 0 Å². The van der Waals surface area contributed by atoms with Gasteiger partial charge in [-0.1, -0.05) is 6.92 Å². The van der Waals surface area contributed by atoms with Gasteiger partial charge >= 0.3 is 5.97 Å². The first kappa shape index (κ1) is 15.3. The van der Waals surface area contributed by atoms with Crippen LogP contribution < -0.4 is 0 Å². The Labute approximate surface area is 122 Å². The maximum absolute atomic E-state index is 12.5. The van der Waals surface area contributed by atoms with Gasteiger partial charge in [0.1, 0.15) is 0 Å². The van der Waals surface area contributed by atoms with Crippen molar-refractivity contribution >= 4 is 27.8 Å². The molecule has 2 heterocycles. The van der Waals surface area contributed by atoms with Gasteiger partial charge in [0, 0.05) is 29.8 Å². The number of sulfonamides is 1. The summed E-state index contributed by atoms with van der Waals surface area (Å²) in [6, 6.07) is 2.40. The maximum Gasteiger partial charge on any atom is 0.337 e. The van der Waals surface area contributed by atoms with Crippen LogP contribution in [0.1, 0.15) is 24.2 Å². The second-order valence-electron chi connectivity index (χ2n) is 4.62. The number of rotatable bonds is 3. The summed E-state index contributed by atoms with van der Waals surface area (Å²) in [5.74, 6) is -0.379. The monoisotopic (exact) mass is 316 g/mol. The molecular weight excluding hydrogens is 300 g/mol. The number of aromatic carboxylic acids is 1. The molecule has 0 aliphatic carbocycles. The Kier molecular flexibility index (Phi) is 4.36. The summed E-state index contributed by atoms with van der Waals surface area (Å²) in [4.78, 5) is 14.5. The van der Waals surface area contributed by atoms with Gasteiger partial charge in [-0.25, -0.2) is 18.2 Å². The molecule has 1 aromatic rings. The summed E-state index contributed by atoms with van der Waals surface area (Å²) in [5, 5.41) is 8.92. The van der Waals surface area contributed by atoms with Gasteiger partial charge in [0.25, 0.3) is 10.0 Å². The molecule has 2 atom stereocenters. The summed E-state index contributed by atoms with van der Waals surface area (Å²) >= 11 is 1.74. The SMILES string of the molecule is CC1SCCN(S(=O)(=O)c2ccc(C(=O)O)cn2)C1C. The Hall–Kier alpha value is -1.12. The fraction of sp³-hybridized carbons (Fsp3) is 0.500. The molecule has 20 heavy (non-hydrogen) atoms. The van der Waals surface area contributed by atoms with Crippen molar-refractivity contribution in [1.82, 2.24) is 9.29 Å². The molecule has 1 aliphatic rings. The summed E-state index contributed by atoms with van der Waals surface area (Å²) < 4.78 is 26.5. The third kappa shape index (κ3) is 2.82. The second-order valence-corrected chi connectivity index (χ2v) is 7.95. The molecule has 0 spiro atoms. The summed E-state index contributed by atoms with van der Waals surface area (Å²) in [7, 11) is -3.67. The van der Waals surface area contributed by atoms with E-state index >= 15 is 0 Å². The van der Waals surface area contributed by atoms with Gasteiger partial charge < -0.3 is 5.11 Å². The molecule has 2 rings (SSSR count). The second kappa shape index (κ2) is 5.71. The third-order valence-electron chi connectivity index (χ3n) is 3.38. The molecule has 0 bridgehead atoms. The van der Waals surface area contributed by atoms with Gasteiger partial charge in [-0.15, -0.1) is 0 Å². The van der Waals surface area contributed by atoms with E-state index in [0.717, 1.165) is 11.9 Å². The zero-order valence-corrected chi connectivity index (χ0v) is 12.8. The normalized spacial score (nSPS) is 24.5. The lowest BCUT2D eigenvalue weighted by Gasteiger charge is -2.36. The van der Waals surface area contributed by atoms with Crippen molar-refractivity contribution in [3.05, 3.63) is 23.9 Å². The predicted octanol–water partition coefficient (Wildman–Crippen LogP) is 1.29. The largest absolute Gasteiger partial charge is 0.478 e. The smallest absolute Gasteiger partial charge is 0.337 e. The van der Waals surface area contributed by atoms with Gasteiger partial charge in [-0.2, -0.15) is 16.1 Å². The molecule has 1 aliphatic heterocycles. The Morgan fingerprint density at radius 2 is 2.15 bits per heavy atom. The Morgan fingerprint density at radius 3 is 2.70 bits per heavy atom. The lowest BCUT2D eigenvalue weighted by atomic mass is 10.2. The lowest BCUT2D eigenvalue weighted by molar-refractivity contribution is 0.0696. The van der Waals surface area contributed by atoms with Gasteiger partial charge in [0.05, 0.1) is 5.56 Å². The van der Waals surface area contributed by atoms with Crippen molar-refractivity contribution < 1.29 is 18.3 Å². The van der Waals surface area contributed by atoms with Crippen molar-refractivity contribution in [3.63, 3.8) is 0 Å². The van der Waals surface area contributed by atoms with E-state index in [4.69, 9.17) is 5.11 Å². The van der Waals surface area contributed by atoms with Crippen LogP contribution >= 0.6 is 11.8 Å². The first-order valence-corrected chi connectivity index (χ1v) is 8.65. The lowest BCUT2D eigenvalue weighted by Crippen LogP contribution is -2.48. The van der Waals surface area contributed by atoms with Crippen molar-refractivity contribution in [2.45, 2.75) is 30.2 Å². The molecule has 1 aromatic heterocycles. The first-order chi connectivity index (χ1) is 9.34. The van der Waals surface area contributed by atoms with E-state index < -0.39 is 16.0 Å². The number of carboxylic acids is 1. The average molecular weight is 316 g/mol. The minimum absolute atomic E-state index is 0.0282. The molecule has 1 fully saturated rings. The van der Waals surface area contributed by atoms with Crippen LogP contribution in [0.25, 0.3) is 0 Å². The molecule has 8 heteroatoms. The fourth-order valence-corrected chi connectivity index (χ4v) is 4.93. The van der Waals surface area contributed by atoms with E-state index in [-0.39, 0.29) is 21.9 Å². The Morgan fingerprint density at radius 1 is 1.45 bits per heavy atom. The highest BCUT2D eigenvalue weighted by Gasteiger charge is 2.35. The number of thioether (sulfide) groups is 1. The Balaban J connectivity index is 2.32. The van der Waals surface area contributed by atoms with Gasteiger partial charge in [-0.05, 0) is 19.1 Å². The molecule has 0 radical (unpaired) electrons. The molecule has 0 saturated carbocycles. The van der Waals surface area contributed by atoms with Crippen LogP contribution in [0.15, 0.2) is 23.4 Å². The van der Waals surface area contributed by atoms with E-state index in [2.05, 4.69) is 4.98 Å². The van der Waals surface area contributed by atoms with Crippen LogP contribution in [0, 0.1) is 0 Å². The fourth-order valence-electron chi connectivity index (χ4n) is 2.02. The van der Waals surface area contributed by atoms with Crippen LogP contribution in [0.4, 0.5) is 0 Å². The third-order valence-corrected chi connectivity index (χ3v) is 6.62. The van der Waals surface area contributed by atoms with Gasteiger partial charge in [-0.3, -0.25) is 0 Å². The van der Waals surface area contributed by atoms with E-state index in [1.807, 2.05) is 13.8 Å². The van der Waals surface area contributed by atoms with E-state index in [1.54, 1.807) is 11.8 Å². The minimum atomic E-state index is -3.67. The average Bonchev–Trinajstić information content (AvgIpc) is 2.41. The molecule has 0 amide bonds. The molecule has 1 N–H and O–H groups in total. The van der Waals surface area contributed by atoms with Crippen LogP contribution in [0.2, 0.25) is 0 Å². The van der Waals surface area contributed by atoms with Crippen molar-refractivity contribution in [3.8, 4) is 0 Å². The number of carbonyl (C=O) groups is 1. The topological polar surface area (TPSA) is 87.6 Å². The summed E-state index contributed by atoms with van der Waals surface area (Å²) in [6.07, 6.45) is 1.07. The van der Waals surface area contributed by atoms with Crippen LogP contribution in [-0.4, -0.2) is 52.4 Å². The van der Waals surface area contributed by atoms with Crippen molar-refractivity contribution in [2.24, 2.45) is 0 Å². The number of nitrogens with zero attached hydrogens (tertiary/aromatic N) is 2. The zero-order chi connectivity index (χ0) is 14.9. The van der Waals surface area contributed by atoms with Crippen LogP contribution in [0.5, 0.6) is 0 Å². The van der Waals surface area contributed by atoms with Crippen molar-refractivity contribution in [1.29, 1.82) is 0 Å². The summed E-state index contributed by atoms with van der Waals surface area (Å²) in [6.45, 7) is 4.32. The molecule has 6 nitrogen and oxygen atoms in total. The first-order valence-electron chi connectivity index (χ1n) is 6.17. The molecule has 2 unspecified atom stereocenters. The van der Waals surface area contributed by atoms with Crippen molar-refractivity contribution in [2.75, 3.05) is 12.3 Å². The van der Waals surface area contributed by atoms with Crippen LogP contribution in [-0.2, 0) is 10.0 Å². The molecule has 1 saturated heterocycles. The maximum atomic E-state index is 12.5. The number of hydrogen-bond acceptors (Lipinski definition) is 5. The van der Waals surface area contributed by atoms with E-state index in [9.17, 15) is 13.2 Å². The highest BCUT2D eigenvalue weighted by Crippen LogP contribution is 2.28. The number of pyridine rings is 1. The zero-order valence-electron chi connectivity index (χ0n) is 11.2. The predicted molar refractivity (Wildman–Crippen MR) is 76.5 cm³/mol. The van der Waals surface area contributed by atoms with Gasteiger partial charge in [0.2, 0.25) is 0 Å². The van der Waals surface area contributed by atoms with Gasteiger partial charge in [0.15, 0.2) is 5.03 Å². The molecule has 110 valence electrons. The van der Waals surface area contributed by atoms with E-state index in [1.165, 1.54) is 16.4 Å². The molecule has 0 aromatic carbocycles. The number of hydrogen-bond donors (Lipinski definition) is 1. The highest BCUT2D eigenvalue weighted by molar-refractivity contribution is 8.00. The highest BCUT2D eigenvalue weighted by atomic mass is 32.2. The number of carboxylic acid groups (broad SMARTS) is 1. The Bertz CT molecular complexity index is 600. The van der Waals surface area contributed by atoms with E-state index in [0.29, 0.717) is 6.54 Å². The summed E-state index contributed by atoms with van der Waals surface area (Å²) in [5.41, 5.74) is -0.0282.